The van der Waals surface area contributed by atoms with E-state index in [1.54, 1.807) is 13.8 Å². The molecule has 0 unspecified atom stereocenters. The van der Waals surface area contributed by atoms with Gasteiger partial charge in [-0.1, -0.05) is 15.9 Å². The van der Waals surface area contributed by atoms with Crippen LogP contribution in [0.4, 0.5) is 13.2 Å². The molecule has 19 heavy (non-hydrogen) atoms. The molecule has 0 bridgehead atoms. The number of carbonyl (C=O) groups is 1. The van der Waals surface area contributed by atoms with E-state index in [9.17, 15) is 18.0 Å². The van der Waals surface area contributed by atoms with Crippen LogP contribution in [0.3, 0.4) is 0 Å². The number of alkyl halides is 3. The lowest BCUT2D eigenvalue weighted by Crippen LogP contribution is -2.31. The molecule has 0 aliphatic heterocycles. The zero-order valence-corrected chi connectivity index (χ0v) is 11.9. The first-order valence-corrected chi connectivity index (χ1v) is 6.28. The van der Waals surface area contributed by atoms with Crippen LogP contribution in [0, 0.1) is 0 Å². The summed E-state index contributed by atoms with van der Waals surface area (Å²) in [6, 6.07) is 4.13. The zero-order valence-electron chi connectivity index (χ0n) is 10.3. The minimum absolute atomic E-state index is 0.0623. The van der Waals surface area contributed by atoms with Crippen molar-refractivity contribution in [3.63, 3.8) is 0 Å². The molecule has 1 N–H and O–H groups in total. The summed E-state index contributed by atoms with van der Waals surface area (Å²) in [6.45, 7) is 2.08. The van der Waals surface area contributed by atoms with Crippen molar-refractivity contribution in [1.82, 2.24) is 5.32 Å². The average molecular weight is 340 g/mol. The number of nitrogens with one attached hydrogen (secondary N) is 1. The fourth-order valence-corrected chi connectivity index (χ4v) is 1.67. The number of amides is 1. The molecule has 0 radical (unpaired) electrons. The largest absolute Gasteiger partial charge is 0.483 e. The fraction of sp³-hybridized carbons (Fsp3) is 0.417. The Labute approximate surface area is 117 Å². The lowest BCUT2D eigenvalue weighted by atomic mass is 10.2. The first-order valence-electron chi connectivity index (χ1n) is 5.49. The summed E-state index contributed by atoms with van der Waals surface area (Å²) < 4.78 is 41.6. The molecule has 0 spiro atoms. The highest BCUT2D eigenvalue weighted by atomic mass is 79.9. The fourth-order valence-electron chi connectivity index (χ4n) is 1.31. The predicted octanol–water partition coefficient (Wildman–Crippen LogP) is 3.53. The van der Waals surface area contributed by atoms with Crippen LogP contribution in [-0.4, -0.2) is 24.7 Å². The third-order valence-electron chi connectivity index (χ3n) is 2.00. The average Bonchev–Trinajstić information content (AvgIpc) is 2.25. The van der Waals surface area contributed by atoms with Gasteiger partial charge in [-0.3, -0.25) is 4.79 Å². The van der Waals surface area contributed by atoms with Gasteiger partial charge in [-0.2, -0.15) is 13.2 Å². The van der Waals surface area contributed by atoms with Crippen molar-refractivity contribution in [2.24, 2.45) is 0 Å². The molecule has 0 saturated heterocycles. The smallest absolute Gasteiger partial charge is 0.422 e. The Kier molecular flexibility index (Phi) is 5.22. The Morgan fingerprint density at radius 1 is 1.42 bits per heavy atom. The Morgan fingerprint density at radius 3 is 2.58 bits per heavy atom. The van der Waals surface area contributed by atoms with Gasteiger partial charge >= 0.3 is 6.18 Å². The standard InChI is InChI=1S/C12H13BrF3NO2/c1-7(2)17-11(18)9-5-8(13)3-4-10(9)19-6-12(14,15)16/h3-5,7H,6H2,1-2H3,(H,17,18). The van der Waals surface area contributed by atoms with E-state index in [0.29, 0.717) is 4.47 Å². The normalized spacial score (nSPS) is 11.5. The van der Waals surface area contributed by atoms with Crippen LogP contribution in [0.1, 0.15) is 24.2 Å². The molecule has 0 aliphatic rings. The van der Waals surface area contributed by atoms with E-state index >= 15 is 0 Å². The van der Waals surface area contributed by atoms with Gasteiger partial charge in [0.05, 0.1) is 5.56 Å². The number of rotatable bonds is 4. The van der Waals surface area contributed by atoms with Crippen LogP contribution in [0.5, 0.6) is 5.75 Å². The molecule has 0 aliphatic carbocycles. The van der Waals surface area contributed by atoms with Crippen molar-refractivity contribution in [1.29, 1.82) is 0 Å². The summed E-state index contributed by atoms with van der Waals surface area (Å²) >= 11 is 3.16. The van der Waals surface area contributed by atoms with Crippen molar-refractivity contribution in [3.8, 4) is 5.75 Å². The number of benzene rings is 1. The molecule has 1 aromatic carbocycles. The highest BCUT2D eigenvalue weighted by Crippen LogP contribution is 2.25. The molecular weight excluding hydrogens is 327 g/mol. The summed E-state index contributed by atoms with van der Waals surface area (Å²) in [5.41, 5.74) is 0.0623. The van der Waals surface area contributed by atoms with Crippen LogP contribution in [0.15, 0.2) is 22.7 Å². The van der Waals surface area contributed by atoms with Crippen molar-refractivity contribution < 1.29 is 22.7 Å². The van der Waals surface area contributed by atoms with Gasteiger partial charge in [0, 0.05) is 10.5 Å². The van der Waals surface area contributed by atoms with E-state index in [0.717, 1.165) is 0 Å². The third-order valence-corrected chi connectivity index (χ3v) is 2.49. The molecule has 1 rings (SSSR count). The van der Waals surface area contributed by atoms with E-state index in [2.05, 4.69) is 26.0 Å². The van der Waals surface area contributed by atoms with E-state index in [1.807, 2.05) is 0 Å². The Morgan fingerprint density at radius 2 is 2.05 bits per heavy atom. The molecule has 0 aromatic heterocycles. The van der Waals surface area contributed by atoms with Gasteiger partial charge in [0.1, 0.15) is 5.75 Å². The Bertz CT molecular complexity index is 461. The quantitative estimate of drug-likeness (QED) is 0.911. The molecule has 7 heteroatoms. The number of ether oxygens (including phenoxy) is 1. The Hall–Kier alpha value is -1.24. The molecule has 3 nitrogen and oxygen atoms in total. The molecular formula is C12H13BrF3NO2. The first-order chi connectivity index (χ1) is 8.69. The van der Waals surface area contributed by atoms with E-state index in [-0.39, 0.29) is 17.4 Å². The maximum absolute atomic E-state index is 12.1. The lowest BCUT2D eigenvalue weighted by Gasteiger charge is -2.14. The highest BCUT2D eigenvalue weighted by Gasteiger charge is 2.29. The SMILES string of the molecule is CC(C)NC(=O)c1cc(Br)ccc1OCC(F)(F)F. The first kappa shape index (κ1) is 15.8. The van der Waals surface area contributed by atoms with Crippen molar-refractivity contribution in [2.45, 2.75) is 26.1 Å². The van der Waals surface area contributed by atoms with Crippen molar-refractivity contribution in [3.05, 3.63) is 28.2 Å². The second-order valence-electron chi connectivity index (χ2n) is 4.17. The van der Waals surface area contributed by atoms with Gasteiger partial charge in [0.2, 0.25) is 0 Å². The molecule has 106 valence electrons. The van der Waals surface area contributed by atoms with Crippen LogP contribution >= 0.6 is 15.9 Å². The molecule has 1 aromatic rings. The number of halogens is 4. The van der Waals surface area contributed by atoms with Gasteiger partial charge < -0.3 is 10.1 Å². The van der Waals surface area contributed by atoms with E-state index < -0.39 is 18.7 Å². The monoisotopic (exact) mass is 339 g/mol. The summed E-state index contributed by atoms with van der Waals surface area (Å²) in [4.78, 5) is 11.9. The lowest BCUT2D eigenvalue weighted by molar-refractivity contribution is -0.153. The van der Waals surface area contributed by atoms with Crippen LogP contribution in [0.2, 0.25) is 0 Å². The second kappa shape index (κ2) is 6.27. The number of carbonyl (C=O) groups excluding carboxylic acids is 1. The maximum atomic E-state index is 12.1. The van der Waals surface area contributed by atoms with Gasteiger partial charge in [-0.25, -0.2) is 0 Å². The van der Waals surface area contributed by atoms with Gasteiger partial charge in [0.15, 0.2) is 6.61 Å². The van der Waals surface area contributed by atoms with Crippen LogP contribution in [-0.2, 0) is 0 Å². The molecule has 1 amide bonds. The second-order valence-corrected chi connectivity index (χ2v) is 5.09. The molecule has 0 saturated carbocycles. The van der Waals surface area contributed by atoms with E-state index in [4.69, 9.17) is 0 Å². The van der Waals surface area contributed by atoms with Crippen molar-refractivity contribution >= 4 is 21.8 Å². The molecule has 0 fully saturated rings. The highest BCUT2D eigenvalue weighted by molar-refractivity contribution is 9.10. The van der Waals surface area contributed by atoms with Gasteiger partial charge in [-0.05, 0) is 32.0 Å². The van der Waals surface area contributed by atoms with Gasteiger partial charge in [-0.15, -0.1) is 0 Å². The third kappa shape index (κ3) is 5.50. The minimum atomic E-state index is -4.45. The number of hydrogen-bond donors (Lipinski definition) is 1. The Balaban J connectivity index is 2.94. The molecule has 0 atom stereocenters. The number of hydrogen-bond acceptors (Lipinski definition) is 2. The predicted molar refractivity (Wildman–Crippen MR) is 68.3 cm³/mol. The summed E-state index contributed by atoms with van der Waals surface area (Å²) in [6.07, 6.45) is -4.45. The summed E-state index contributed by atoms with van der Waals surface area (Å²) in [5, 5.41) is 2.60. The summed E-state index contributed by atoms with van der Waals surface area (Å²) in [5.74, 6) is -0.577. The topological polar surface area (TPSA) is 38.3 Å². The van der Waals surface area contributed by atoms with Gasteiger partial charge in [0.25, 0.3) is 5.91 Å². The molecule has 0 heterocycles. The maximum Gasteiger partial charge on any atom is 0.422 e. The van der Waals surface area contributed by atoms with Crippen LogP contribution in [0.25, 0.3) is 0 Å². The van der Waals surface area contributed by atoms with Crippen molar-refractivity contribution in [2.75, 3.05) is 6.61 Å². The van der Waals surface area contributed by atoms with Crippen LogP contribution < -0.4 is 10.1 Å². The zero-order chi connectivity index (χ0) is 14.6. The minimum Gasteiger partial charge on any atom is -0.483 e. The van der Waals surface area contributed by atoms with E-state index in [1.165, 1.54) is 18.2 Å². The summed E-state index contributed by atoms with van der Waals surface area (Å²) in [7, 11) is 0.